The highest BCUT2D eigenvalue weighted by Gasteiger charge is 2.10. The van der Waals surface area contributed by atoms with Crippen molar-refractivity contribution in [3.05, 3.63) is 30.6 Å². The van der Waals surface area contributed by atoms with E-state index in [-0.39, 0.29) is 6.04 Å². The van der Waals surface area contributed by atoms with Gasteiger partial charge < -0.3 is 10.3 Å². The Labute approximate surface area is 89.9 Å². The minimum Gasteiger partial charge on any atom is -0.328 e. The van der Waals surface area contributed by atoms with Gasteiger partial charge in [0.25, 0.3) is 0 Å². The Morgan fingerprint density at radius 2 is 2.07 bits per heavy atom. The van der Waals surface area contributed by atoms with Gasteiger partial charge in [-0.05, 0) is 32.4 Å². The van der Waals surface area contributed by atoms with Crippen molar-refractivity contribution in [1.29, 1.82) is 0 Å². The average molecular weight is 203 g/mol. The smallest absolute Gasteiger partial charge is 0.0960 e. The zero-order chi connectivity index (χ0) is 10.8. The summed E-state index contributed by atoms with van der Waals surface area (Å²) in [5.41, 5.74) is 8.05. The SMILES string of the molecule is CC(N)CC(C)n1cnc2ccccc21. The van der Waals surface area contributed by atoms with Gasteiger partial charge in [0.2, 0.25) is 0 Å². The van der Waals surface area contributed by atoms with E-state index in [0.717, 1.165) is 11.9 Å². The van der Waals surface area contributed by atoms with Crippen molar-refractivity contribution in [1.82, 2.24) is 9.55 Å². The van der Waals surface area contributed by atoms with Crippen LogP contribution in [0.1, 0.15) is 26.3 Å². The number of nitrogens with zero attached hydrogens (tertiary/aromatic N) is 2. The van der Waals surface area contributed by atoms with Crippen LogP contribution >= 0.6 is 0 Å². The number of nitrogens with two attached hydrogens (primary N) is 1. The summed E-state index contributed by atoms with van der Waals surface area (Å²) in [6.45, 7) is 4.22. The molecule has 0 fully saturated rings. The number of hydrogen-bond donors (Lipinski definition) is 1. The first kappa shape index (κ1) is 10.2. The third-order valence-electron chi connectivity index (χ3n) is 2.67. The molecule has 1 aromatic heterocycles. The van der Waals surface area contributed by atoms with Crippen molar-refractivity contribution in [2.75, 3.05) is 0 Å². The van der Waals surface area contributed by atoms with Crippen LogP contribution < -0.4 is 5.73 Å². The molecule has 0 bridgehead atoms. The van der Waals surface area contributed by atoms with Crippen molar-refractivity contribution in [2.45, 2.75) is 32.4 Å². The highest BCUT2D eigenvalue weighted by atomic mass is 15.1. The number of rotatable bonds is 3. The molecule has 0 aliphatic rings. The molecule has 0 aliphatic carbocycles. The highest BCUT2D eigenvalue weighted by molar-refractivity contribution is 5.75. The maximum absolute atomic E-state index is 5.81. The molecule has 0 aliphatic heterocycles. The quantitative estimate of drug-likeness (QED) is 0.832. The number of fused-ring (bicyclic) bond motifs is 1. The number of benzene rings is 1. The topological polar surface area (TPSA) is 43.8 Å². The van der Waals surface area contributed by atoms with Gasteiger partial charge in [-0.15, -0.1) is 0 Å². The predicted octanol–water partition coefficient (Wildman–Crippen LogP) is 2.33. The lowest BCUT2D eigenvalue weighted by atomic mass is 10.1. The molecule has 2 aromatic rings. The fourth-order valence-electron chi connectivity index (χ4n) is 1.98. The van der Waals surface area contributed by atoms with Crippen LogP contribution in [0.25, 0.3) is 11.0 Å². The maximum Gasteiger partial charge on any atom is 0.0960 e. The molecule has 2 N–H and O–H groups in total. The van der Waals surface area contributed by atoms with Gasteiger partial charge in [0, 0.05) is 12.1 Å². The third-order valence-corrected chi connectivity index (χ3v) is 2.67. The zero-order valence-corrected chi connectivity index (χ0v) is 9.22. The molecule has 80 valence electrons. The van der Waals surface area contributed by atoms with E-state index >= 15 is 0 Å². The van der Waals surface area contributed by atoms with Crippen LogP contribution in [0.4, 0.5) is 0 Å². The predicted molar refractivity (Wildman–Crippen MR) is 62.7 cm³/mol. The molecule has 1 aromatic carbocycles. The van der Waals surface area contributed by atoms with Crippen molar-refractivity contribution < 1.29 is 0 Å². The van der Waals surface area contributed by atoms with Crippen LogP contribution in [-0.4, -0.2) is 15.6 Å². The van der Waals surface area contributed by atoms with E-state index in [9.17, 15) is 0 Å². The molecule has 2 rings (SSSR count). The Balaban J connectivity index is 2.35. The summed E-state index contributed by atoms with van der Waals surface area (Å²) >= 11 is 0. The maximum atomic E-state index is 5.81. The second-order valence-electron chi connectivity index (χ2n) is 4.20. The number of imidazole rings is 1. The minimum atomic E-state index is 0.223. The molecule has 1 heterocycles. The molecule has 2 atom stereocenters. The van der Waals surface area contributed by atoms with Crippen molar-refractivity contribution in [2.24, 2.45) is 5.73 Å². The number of hydrogen-bond acceptors (Lipinski definition) is 2. The lowest BCUT2D eigenvalue weighted by Gasteiger charge is -2.16. The fourth-order valence-corrected chi connectivity index (χ4v) is 1.98. The van der Waals surface area contributed by atoms with E-state index in [0.29, 0.717) is 6.04 Å². The second kappa shape index (κ2) is 4.03. The summed E-state index contributed by atoms with van der Waals surface area (Å²) in [6.07, 6.45) is 2.87. The first-order chi connectivity index (χ1) is 7.18. The molecule has 0 amide bonds. The van der Waals surface area contributed by atoms with E-state index in [1.165, 1.54) is 5.52 Å². The van der Waals surface area contributed by atoms with Gasteiger partial charge in [-0.25, -0.2) is 4.98 Å². The van der Waals surface area contributed by atoms with Gasteiger partial charge in [-0.1, -0.05) is 12.1 Å². The molecular weight excluding hydrogens is 186 g/mol. The molecule has 15 heavy (non-hydrogen) atoms. The molecule has 0 saturated heterocycles. The standard InChI is InChI=1S/C12H17N3/c1-9(13)7-10(2)15-8-14-11-5-3-4-6-12(11)15/h3-6,8-10H,7,13H2,1-2H3. The van der Waals surface area contributed by atoms with Gasteiger partial charge in [-0.3, -0.25) is 0 Å². The molecule has 0 radical (unpaired) electrons. The van der Waals surface area contributed by atoms with Crippen molar-refractivity contribution in [3.63, 3.8) is 0 Å². The van der Waals surface area contributed by atoms with E-state index in [4.69, 9.17) is 5.73 Å². The normalized spacial score (nSPS) is 15.4. The minimum absolute atomic E-state index is 0.223. The summed E-state index contributed by atoms with van der Waals surface area (Å²) < 4.78 is 2.19. The zero-order valence-electron chi connectivity index (χ0n) is 9.22. The Hall–Kier alpha value is -1.35. The molecule has 2 unspecified atom stereocenters. The Morgan fingerprint density at radius 3 is 2.80 bits per heavy atom. The van der Waals surface area contributed by atoms with Crippen molar-refractivity contribution >= 4 is 11.0 Å². The van der Waals surface area contributed by atoms with Gasteiger partial charge in [0.15, 0.2) is 0 Å². The van der Waals surface area contributed by atoms with E-state index in [1.807, 2.05) is 31.5 Å². The summed E-state index contributed by atoms with van der Waals surface area (Å²) in [7, 11) is 0. The lowest BCUT2D eigenvalue weighted by Crippen LogP contribution is -2.20. The Bertz CT molecular complexity index is 445. The van der Waals surface area contributed by atoms with Crippen LogP contribution in [0.3, 0.4) is 0 Å². The Kier molecular flexibility index (Phi) is 2.73. The highest BCUT2D eigenvalue weighted by Crippen LogP contribution is 2.19. The van der Waals surface area contributed by atoms with Crippen LogP contribution in [-0.2, 0) is 0 Å². The van der Waals surface area contributed by atoms with Crippen LogP contribution in [0.15, 0.2) is 30.6 Å². The largest absolute Gasteiger partial charge is 0.328 e. The van der Waals surface area contributed by atoms with Crippen LogP contribution in [0.5, 0.6) is 0 Å². The first-order valence-corrected chi connectivity index (χ1v) is 5.35. The van der Waals surface area contributed by atoms with E-state index < -0.39 is 0 Å². The van der Waals surface area contributed by atoms with E-state index in [1.54, 1.807) is 0 Å². The molecular formula is C12H17N3. The first-order valence-electron chi connectivity index (χ1n) is 5.35. The van der Waals surface area contributed by atoms with Gasteiger partial charge in [0.1, 0.15) is 0 Å². The molecule has 0 spiro atoms. The second-order valence-corrected chi connectivity index (χ2v) is 4.20. The average Bonchev–Trinajstić information content (AvgIpc) is 2.59. The summed E-state index contributed by atoms with van der Waals surface area (Å²) in [6, 6.07) is 8.80. The van der Waals surface area contributed by atoms with Gasteiger partial charge >= 0.3 is 0 Å². The molecule has 3 heteroatoms. The van der Waals surface area contributed by atoms with E-state index in [2.05, 4.69) is 22.5 Å². The molecule has 3 nitrogen and oxygen atoms in total. The Morgan fingerprint density at radius 1 is 1.33 bits per heavy atom. The fraction of sp³-hybridized carbons (Fsp3) is 0.417. The van der Waals surface area contributed by atoms with Gasteiger partial charge in [0.05, 0.1) is 17.4 Å². The summed E-state index contributed by atoms with van der Waals surface area (Å²) in [4.78, 5) is 4.37. The van der Waals surface area contributed by atoms with Crippen molar-refractivity contribution in [3.8, 4) is 0 Å². The summed E-state index contributed by atoms with van der Waals surface area (Å²) in [5, 5.41) is 0. The van der Waals surface area contributed by atoms with Crippen LogP contribution in [0, 0.1) is 0 Å². The number of aromatic nitrogens is 2. The monoisotopic (exact) mass is 203 g/mol. The number of para-hydroxylation sites is 2. The van der Waals surface area contributed by atoms with Gasteiger partial charge in [-0.2, -0.15) is 0 Å². The molecule has 0 saturated carbocycles. The van der Waals surface area contributed by atoms with Crippen LogP contribution in [0.2, 0.25) is 0 Å². The summed E-state index contributed by atoms with van der Waals surface area (Å²) in [5.74, 6) is 0. The third kappa shape index (κ3) is 2.02. The lowest BCUT2D eigenvalue weighted by molar-refractivity contribution is 0.474.